The molecule has 2 bridgehead atoms. The van der Waals surface area contributed by atoms with Gasteiger partial charge in [-0.3, -0.25) is 4.79 Å². The Morgan fingerprint density at radius 2 is 1.95 bits per heavy atom. The molecule has 0 spiro atoms. The SMILES string of the molecule is CCCOCC(=O)NC1C2CCCC1CC(N)C2.Cl. The molecule has 0 saturated heterocycles. The zero-order chi connectivity index (χ0) is 13.0. The lowest BCUT2D eigenvalue weighted by Gasteiger charge is -2.45. The van der Waals surface area contributed by atoms with Crippen molar-refractivity contribution in [2.75, 3.05) is 13.2 Å². The third-order valence-corrected chi connectivity index (χ3v) is 4.29. The molecule has 0 heterocycles. The van der Waals surface area contributed by atoms with E-state index in [0.717, 1.165) is 19.3 Å². The summed E-state index contributed by atoms with van der Waals surface area (Å²) in [6.07, 6.45) is 6.81. The van der Waals surface area contributed by atoms with E-state index < -0.39 is 0 Å². The van der Waals surface area contributed by atoms with Crippen LogP contribution in [-0.2, 0) is 9.53 Å². The topological polar surface area (TPSA) is 64.3 Å². The standard InChI is InChI=1S/C14H26N2O2.ClH/c1-2-6-18-9-13(17)16-14-10-4-3-5-11(14)8-12(15)7-10;/h10-12,14H,2-9,15H2,1H3,(H,16,17);1H. The molecule has 0 aromatic rings. The van der Waals surface area contributed by atoms with Crippen LogP contribution in [0, 0.1) is 11.8 Å². The summed E-state index contributed by atoms with van der Waals surface area (Å²) in [6.45, 7) is 2.91. The zero-order valence-corrected chi connectivity index (χ0v) is 12.6. The molecule has 0 aliphatic heterocycles. The highest BCUT2D eigenvalue weighted by atomic mass is 35.5. The van der Waals surface area contributed by atoms with Gasteiger partial charge in [0.25, 0.3) is 0 Å². The summed E-state index contributed by atoms with van der Waals surface area (Å²) in [5.41, 5.74) is 6.08. The summed E-state index contributed by atoms with van der Waals surface area (Å²) in [4.78, 5) is 11.8. The van der Waals surface area contributed by atoms with Crippen LogP contribution in [0.1, 0.15) is 45.4 Å². The molecule has 1 amide bonds. The molecule has 2 unspecified atom stereocenters. The molecule has 2 aliphatic carbocycles. The number of ether oxygens (including phenoxy) is 1. The minimum atomic E-state index is 0. The number of amides is 1. The lowest BCUT2D eigenvalue weighted by atomic mass is 9.67. The van der Waals surface area contributed by atoms with Crippen molar-refractivity contribution in [2.45, 2.75) is 57.5 Å². The number of nitrogens with two attached hydrogens (primary N) is 1. The van der Waals surface area contributed by atoms with Crippen LogP contribution >= 0.6 is 12.4 Å². The first-order valence-electron chi connectivity index (χ1n) is 7.33. The van der Waals surface area contributed by atoms with Crippen molar-refractivity contribution in [2.24, 2.45) is 17.6 Å². The van der Waals surface area contributed by atoms with E-state index in [0.29, 0.717) is 30.5 Å². The van der Waals surface area contributed by atoms with Gasteiger partial charge in [-0.2, -0.15) is 0 Å². The van der Waals surface area contributed by atoms with E-state index in [9.17, 15) is 4.79 Å². The molecule has 0 aromatic carbocycles. The van der Waals surface area contributed by atoms with Gasteiger partial charge in [-0.05, 0) is 43.9 Å². The average Bonchev–Trinajstić information content (AvgIpc) is 2.31. The van der Waals surface area contributed by atoms with Crippen molar-refractivity contribution in [1.82, 2.24) is 5.32 Å². The molecule has 3 N–H and O–H groups in total. The van der Waals surface area contributed by atoms with Crippen LogP contribution < -0.4 is 11.1 Å². The van der Waals surface area contributed by atoms with Crippen molar-refractivity contribution < 1.29 is 9.53 Å². The van der Waals surface area contributed by atoms with Gasteiger partial charge in [-0.15, -0.1) is 12.4 Å². The van der Waals surface area contributed by atoms with E-state index >= 15 is 0 Å². The molecule has 19 heavy (non-hydrogen) atoms. The summed E-state index contributed by atoms with van der Waals surface area (Å²) >= 11 is 0. The van der Waals surface area contributed by atoms with Crippen molar-refractivity contribution in [3.05, 3.63) is 0 Å². The van der Waals surface area contributed by atoms with Gasteiger partial charge in [-0.1, -0.05) is 13.3 Å². The second-order valence-electron chi connectivity index (χ2n) is 5.83. The number of halogens is 1. The van der Waals surface area contributed by atoms with Gasteiger partial charge in [0.2, 0.25) is 5.91 Å². The molecule has 0 radical (unpaired) electrons. The molecular formula is C14H27ClN2O2. The van der Waals surface area contributed by atoms with Gasteiger partial charge in [0.1, 0.15) is 6.61 Å². The maximum Gasteiger partial charge on any atom is 0.246 e. The van der Waals surface area contributed by atoms with Crippen LogP contribution in [0.3, 0.4) is 0 Å². The van der Waals surface area contributed by atoms with E-state index in [1.54, 1.807) is 0 Å². The Labute approximate surface area is 122 Å². The third kappa shape index (κ3) is 4.62. The van der Waals surface area contributed by atoms with E-state index in [1.165, 1.54) is 19.3 Å². The monoisotopic (exact) mass is 290 g/mol. The molecule has 2 rings (SSSR count). The predicted octanol–water partition coefficient (Wildman–Crippen LogP) is 1.86. The number of nitrogens with one attached hydrogen (secondary N) is 1. The third-order valence-electron chi connectivity index (χ3n) is 4.29. The fraction of sp³-hybridized carbons (Fsp3) is 0.929. The van der Waals surface area contributed by atoms with Gasteiger partial charge >= 0.3 is 0 Å². The summed E-state index contributed by atoms with van der Waals surface area (Å²) in [6, 6.07) is 0.682. The minimum absolute atomic E-state index is 0. The molecule has 2 saturated carbocycles. The van der Waals surface area contributed by atoms with Crippen LogP contribution in [0.5, 0.6) is 0 Å². The first kappa shape index (κ1) is 16.7. The van der Waals surface area contributed by atoms with Gasteiger partial charge in [0, 0.05) is 18.7 Å². The van der Waals surface area contributed by atoms with Gasteiger partial charge in [0.15, 0.2) is 0 Å². The largest absolute Gasteiger partial charge is 0.372 e. The molecule has 2 fully saturated rings. The lowest BCUT2D eigenvalue weighted by molar-refractivity contribution is -0.128. The smallest absolute Gasteiger partial charge is 0.246 e. The number of carbonyl (C=O) groups is 1. The quantitative estimate of drug-likeness (QED) is 0.760. The molecular weight excluding hydrogens is 264 g/mol. The first-order valence-corrected chi connectivity index (χ1v) is 7.33. The molecule has 0 aromatic heterocycles. The van der Waals surface area contributed by atoms with Gasteiger partial charge in [-0.25, -0.2) is 0 Å². The maximum absolute atomic E-state index is 11.8. The Bertz CT molecular complexity index is 275. The van der Waals surface area contributed by atoms with Crippen molar-refractivity contribution >= 4 is 18.3 Å². The van der Waals surface area contributed by atoms with Crippen LogP contribution in [0.25, 0.3) is 0 Å². The van der Waals surface area contributed by atoms with Crippen LogP contribution in [0.15, 0.2) is 0 Å². The number of hydrogen-bond donors (Lipinski definition) is 2. The van der Waals surface area contributed by atoms with Crippen molar-refractivity contribution in [3.8, 4) is 0 Å². The fourth-order valence-electron chi connectivity index (χ4n) is 3.56. The van der Waals surface area contributed by atoms with E-state index in [-0.39, 0.29) is 24.9 Å². The second-order valence-corrected chi connectivity index (χ2v) is 5.83. The molecule has 112 valence electrons. The summed E-state index contributed by atoms with van der Waals surface area (Å²) < 4.78 is 5.29. The molecule has 5 heteroatoms. The fourth-order valence-corrected chi connectivity index (χ4v) is 3.56. The number of carbonyl (C=O) groups excluding carboxylic acids is 1. The van der Waals surface area contributed by atoms with E-state index in [1.807, 2.05) is 6.92 Å². The Kier molecular flexibility index (Phi) is 7.11. The Morgan fingerprint density at radius 3 is 2.53 bits per heavy atom. The maximum atomic E-state index is 11.8. The van der Waals surface area contributed by atoms with Crippen LogP contribution in [0.2, 0.25) is 0 Å². The van der Waals surface area contributed by atoms with Gasteiger partial charge in [0.05, 0.1) is 0 Å². The molecule has 2 aliphatic rings. The zero-order valence-electron chi connectivity index (χ0n) is 11.8. The predicted molar refractivity (Wildman–Crippen MR) is 78.3 cm³/mol. The van der Waals surface area contributed by atoms with Crippen molar-refractivity contribution in [3.63, 3.8) is 0 Å². The number of rotatable bonds is 5. The first-order chi connectivity index (χ1) is 8.70. The molecule has 2 atom stereocenters. The number of fused-ring (bicyclic) bond motifs is 2. The molecule has 4 nitrogen and oxygen atoms in total. The Balaban J connectivity index is 0.00000180. The van der Waals surface area contributed by atoms with E-state index in [2.05, 4.69) is 5.32 Å². The van der Waals surface area contributed by atoms with Crippen LogP contribution in [0.4, 0.5) is 0 Å². The summed E-state index contributed by atoms with van der Waals surface area (Å²) in [7, 11) is 0. The second kappa shape index (κ2) is 8.08. The Morgan fingerprint density at radius 1 is 1.32 bits per heavy atom. The van der Waals surface area contributed by atoms with E-state index in [4.69, 9.17) is 10.5 Å². The van der Waals surface area contributed by atoms with Crippen molar-refractivity contribution in [1.29, 1.82) is 0 Å². The minimum Gasteiger partial charge on any atom is -0.372 e. The van der Waals surface area contributed by atoms with Crippen LogP contribution in [-0.4, -0.2) is 31.2 Å². The number of hydrogen-bond acceptors (Lipinski definition) is 3. The summed E-state index contributed by atoms with van der Waals surface area (Å²) in [5.74, 6) is 1.21. The highest BCUT2D eigenvalue weighted by Crippen LogP contribution is 2.39. The average molecular weight is 291 g/mol. The summed E-state index contributed by atoms with van der Waals surface area (Å²) in [5, 5.41) is 3.18. The lowest BCUT2D eigenvalue weighted by Crippen LogP contribution is -2.54. The highest BCUT2D eigenvalue weighted by Gasteiger charge is 2.39. The van der Waals surface area contributed by atoms with Gasteiger partial charge < -0.3 is 15.8 Å². The Hall–Kier alpha value is -0.320. The highest BCUT2D eigenvalue weighted by molar-refractivity contribution is 5.85. The normalized spacial score (nSPS) is 33.4.